The number of nitrogens with one attached hydrogen (secondary N) is 1. The van der Waals surface area contributed by atoms with Crippen LogP contribution in [0.15, 0.2) is 10.6 Å². The molecule has 1 aliphatic rings. The van der Waals surface area contributed by atoms with Gasteiger partial charge in [-0.2, -0.15) is 0 Å². The van der Waals surface area contributed by atoms with Gasteiger partial charge in [0, 0.05) is 6.42 Å². The van der Waals surface area contributed by atoms with Crippen molar-refractivity contribution in [2.24, 2.45) is 5.92 Å². The molecule has 0 aliphatic carbocycles. The van der Waals surface area contributed by atoms with Crippen molar-refractivity contribution in [2.45, 2.75) is 32.6 Å². The monoisotopic (exact) mass is 222 g/mol. The summed E-state index contributed by atoms with van der Waals surface area (Å²) in [6.07, 6.45) is 5.31. The van der Waals surface area contributed by atoms with Crippen molar-refractivity contribution in [1.29, 1.82) is 0 Å². The van der Waals surface area contributed by atoms with Gasteiger partial charge in [-0.3, -0.25) is 4.79 Å². The van der Waals surface area contributed by atoms with Crippen molar-refractivity contribution < 1.29 is 9.21 Å². The first-order valence-electron chi connectivity index (χ1n) is 5.88. The molecule has 0 spiro atoms. The Balaban J connectivity index is 1.88. The normalized spacial score (nSPS) is 17.6. The number of rotatable bonds is 4. The zero-order valence-electron chi connectivity index (χ0n) is 9.66. The first-order valence-corrected chi connectivity index (χ1v) is 5.88. The molecule has 1 fully saturated rings. The van der Waals surface area contributed by atoms with Gasteiger partial charge < -0.3 is 9.73 Å². The van der Waals surface area contributed by atoms with E-state index in [0.29, 0.717) is 18.1 Å². The Kier molecular flexibility index (Phi) is 3.72. The Bertz CT molecular complexity index is 354. The summed E-state index contributed by atoms with van der Waals surface area (Å²) in [5.74, 6) is 2.26. The molecule has 1 N–H and O–H groups in total. The number of aromatic nitrogens is 1. The summed E-state index contributed by atoms with van der Waals surface area (Å²) in [5, 5.41) is 3.34. The molecule has 1 aromatic rings. The molecule has 0 unspecified atom stereocenters. The number of hydrogen-bond donors (Lipinski definition) is 1. The van der Waals surface area contributed by atoms with Crippen LogP contribution in [-0.2, 0) is 17.6 Å². The van der Waals surface area contributed by atoms with Gasteiger partial charge in [-0.1, -0.05) is 0 Å². The summed E-state index contributed by atoms with van der Waals surface area (Å²) in [6, 6.07) is 0. The predicted octanol–water partition coefficient (Wildman–Crippen LogP) is 1.35. The predicted molar refractivity (Wildman–Crippen MR) is 60.2 cm³/mol. The summed E-state index contributed by atoms with van der Waals surface area (Å²) in [7, 11) is 0. The molecule has 4 nitrogen and oxygen atoms in total. The highest BCUT2D eigenvalue weighted by molar-refractivity contribution is 5.77. The Labute approximate surface area is 95.4 Å². The fraction of sp³-hybridized carbons (Fsp3) is 0.667. The van der Waals surface area contributed by atoms with Crippen LogP contribution in [0.4, 0.5) is 0 Å². The van der Waals surface area contributed by atoms with Crippen LogP contribution >= 0.6 is 0 Å². The van der Waals surface area contributed by atoms with E-state index < -0.39 is 0 Å². The Morgan fingerprint density at radius 1 is 1.56 bits per heavy atom. The van der Waals surface area contributed by atoms with E-state index in [1.54, 1.807) is 13.1 Å². The third-order valence-corrected chi connectivity index (χ3v) is 2.95. The molecule has 2 heterocycles. The van der Waals surface area contributed by atoms with Crippen LogP contribution in [0.5, 0.6) is 0 Å². The van der Waals surface area contributed by atoms with E-state index in [4.69, 9.17) is 4.42 Å². The average molecular weight is 222 g/mol. The quantitative estimate of drug-likeness (QED) is 0.835. The van der Waals surface area contributed by atoms with E-state index in [1.807, 2.05) is 0 Å². The van der Waals surface area contributed by atoms with Gasteiger partial charge in [0.1, 0.15) is 11.5 Å². The van der Waals surface area contributed by atoms with Crippen LogP contribution in [0.2, 0.25) is 0 Å². The number of oxazole rings is 1. The van der Waals surface area contributed by atoms with Crippen molar-refractivity contribution in [3.63, 3.8) is 0 Å². The van der Waals surface area contributed by atoms with Crippen LogP contribution in [0.25, 0.3) is 0 Å². The Morgan fingerprint density at radius 3 is 3.00 bits per heavy atom. The fourth-order valence-electron chi connectivity index (χ4n) is 2.10. The molecule has 0 radical (unpaired) electrons. The molecule has 1 aliphatic heterocycles. The molecule has 0 amide bonds. The third-order valence-electron chi connectivity index (χ3n) is 2.95. The maximum atomic E-state index is 10.9. The van der Waals surface area contributed by atoms with Crippen molar-refractivity contribution in [1.82, 2.24) is 10.3 Å². The lowest BCUT2D eigenvalue weighted by molar-refractivity contribution is -0.116. The standard InChI is InChI=1S/C12H18N2O2/c1-9(15)6-11-8-14-12(16-11)7-10-2-4-13-5-3-10/h8,10,13H,2-7H2,1H3. The van der Waals surface area contributed by atoms with Crippen LogP contribution in [-0.4, -0.2) is 23.9 Å². The third kappa shape index (κ3) is 3.17. The molecular formula is C12H18N2O2. The molecule has 88 valence electrons. The van der Waals surface area contributed by atoms with Gasteiger partial charge in [-0.05, 0) is 38.8 Å². The van der Waals surface area contributed by atoms with Crippen molar-refractivity contribution >= 4 is 5.78 Å². The van der Waals surface area contributed by atoms with Crippen LogP contribution < -0.4 is 5.32 Å². The zero-order valence-corrected chi connectivity index (χ0v) is 9.66. The van der Waals surface area contributed by atoms with E-state index in [2.05, 4.69) is 10.3 Å². The number of nitrogens with zero attached hydrogens (tertiary/aromatic N) is 1. The molecule has 0 atom stereocenters. The number of ketones is 1. The number of carbonyl (C=O) groups excluding carboxylic acids is 1. The zero-order chi connectivity index (χ0) is 11.4. The van der Waals surface area contributed by atoms with Gasteiger partial charge in [-0.15, -0.1) is 0 Å². The number of Topliss-reactive ketones (excluding diaryl/α,β-unsaturated/α-hetero) is 1. The lowest BCUT2D eigenvalue weighted by Gasteiger charge is -2.20. The minimum atomic E-state index is 0.115. The largest absolute Gasteiger partial charge is 0.445 e. The summed E-state index contributed by atoms with van der Waals surface area (Å²) >= 11 is 0. The SMILES string of the molecule is CC(=O)Cc1cnc(CC2CCNCC2)o1. The summed E-state index contributed by atoms with van der Waals surface area (Å²) in [6.45, 7) is 3.74. The molecule has 1 saturated heterocycles. The molecule has 0 bridgehead atoms. The smallest absolute Gasteiger partial charge is 0.194 e. The topological polar surface area (TPSA) is 55.1 Å². The van der Waals surface area contributed by atoms with E-state index in [-0.39, 0.29) is 5.78 Å². The van der Waals surface area contributed by atoms with Gasteiger partial charge in [-0.25, -0.2) is 4.98 Å². The summed E-state index contributed by atoms with van der Waals surface area (Å²) in [4.78, 5) is 15.1. The number of piperidine rings is 1. The lowest BCUT2D eigenvalue weighted by Crippen LogP contribution is -2.28. The van der Waals surface area contributed by atoms with Gasteiger partial charge in [0.2, 0.25) is 0 Å². The second kappa shape index (κ2) is 5.25. The first kappa shape index (κ1) is 11.3. The van der Waals surface area contributed by atoms with Gasteiger partial charge in [0.25, 0.3) is 0 Å². The molecule has 2 rings (SSSR count). The maximum absolute atomic E-state index is 10.9. The molecule has 16 heavy (non-hydrogen) atoms. The second-order valence-corrected chi connectivity index (χ2v) is 4.50. The van der Waals surface area contributed by atoms with Gasteiger partial charge in [0.05, 0.1) is 12.6 Å². The summed E-state index contributed by atoms with van der Waals surface area (Å²) < 4.78 is 5.54. The molecule has 0 aromatic carbocycles. The van der Waals surface area contributed by atoms with Crippen molar-refractivity contribution in [3.8, 4) is 0 Å². The highest BCUT2D eigenvalue weighted by Gasteiger charge is 2.16. The van der Waals surface area contributed by atoms with E-state index in [0.717, 1.165) is 25.4 Å². The van der Waals surface area contributed by atoms with Crippen LogP contribution in [0.3, 0.4) is 0 Å². The molecule has 0 saturated carbocycles. The number of hydrogen-bond acceptors (Lipinski definition) is 4. The van der Waals surface area contributed by atoms with Gasteiger partial charge >= 0.3 is 0 Å². The molecule has 1 aromatic heterocycles. The Morgan fingerprint density at radius 2 is 2.31 bits per heavy atom. The van der Waals surface area contributed by atoms with Crippen molar-refractivity contribution in [2.75, 3.05) is 13.1 Å². The van der Waals surface area contributed by atoms with E-state index in [9.17, 15) is 4.79 Å². The lowest BCUT2D eigenvalue weighted by atomic mass is 9.95. The first-order chi connectivity index (χ1) is 7.74. The fourth-order valence-corrected chi connectivity index (χ4v) is 2.10. The maximum Gasteiger partial charge on any atom is 0.194 e. The minimum Gasteiger partial charge on any atom is -0.445 e. The molecular weight excluding hydrogens is 204 g/mol. The number of carbonyl (C=O) groups is 1. The molecule has 4 heteroatoms. The van der Waals surface area contributed by atoms with E-state index in [1.165, 1.54) is 12.8 Å². The van der Waals surface area contributed by atoms with E-state index >= 15 is 0 Å². The van der Waals surface area contributed by atoms with Crippen molar-refractivity contribution in [3.05, 3.63) is 17.8 Å². The Hall–Kier alpha value is -1.16. The summed E-state index contributed by atoms with van der Waals surface area (Å²) in [5.41, 5.74) is 0. The highest BCUT2D eigenvalue weighted by Crippen LogP contribution is 2.18. The second-order valence-electron chi connectivity index (χ2n) is 4.50. The average Bonchev–Trinajstić information content (AvgIpc) is 2.66. The highest BCUT2D eigenvalue weighted by atomic mass is 16.4. The van der Waals surface area contributed by atoms with Gasteiger partial charge in [0.15, 0.2) is 5.89 Å². The minimum absolute atomic E-state index is 0.115. The van der Waals surface area contributed by atoms with Crippen LogP contribution in [0.1, 0.15) is 31.4 Å². The van der Waals surface area contributed by atoms with Crippen LogP contribution in [0, 0.1) is 5.92 Å².